The van der Waals surface area contributed by atoms with Crippen LogP contribution in [0.15, 0.2) is 24.4 Å². The summed E-state index contributed by atoms with van der Waals surface area (Å²) in [4.78, 5) is 0. The number of nitrogens with zero attached hydrogens (tertiary/aromatic N) is 2. The van der Waals surface area contributed by atoms with Crippen LogP contribution in [-0.4, -0.2) is 21.5 Å². The molecule has 0 amide bonds. The first-order chi connectivity index (χ1) is 9.53. The van der Waals surface area contributed by atoms with Crippen LogP contribution in [0.1, 0.15) is 29.8 Å². The Bertz CT molecular complexity index is 575. The molecule has 1 aromatic carbocycles. The second-order valence-corrected chi connectivity index (χ2v) is 4.96. The molecule has 2 N–H and O–H groups in total. The van der Waals surface area contributed by atoms with Gasteiger partial charge >= 0.3 is 0 Å². The number of aromatic nitrogens is 2. The zero-order chi connectivity index (χ0) is 14.7. The van der Waals surface area contributed by atoms with Gasteiger partial charge in [0.1, 0.15) is 5.82 Å². The third-order valence-corrected chi connectivity index (χ3v) is 3.21. The Labute approximate surface area is 118 Å². The maximum absolute atomic E-state index is 13.4. The van der Waals surface area contributed by atoms with Crippen LogP contribution in [0.25, 0.3) is 0 Å². The summed E-state index contributed by atoms with van der Waals surface area (Å²) in [6, 6.07) is 4.46. The molecule has 20 heavy (non-hydrogen) atoms. The maximum atomic E-state index is 13.4. The van der Waals surface area contributed by atoms with Crippen LogP contribution in [0.2, 0.25) is 0 Å². The molecular formula is C15H20FN3O. The van der Waals surface area contributed by atoms with Gasteiger partial charge in [-0.15, -0.1) is 0 Å². The van der Waals surface area contributed by atoms with E-state index in [1.807, 2.05) is 33.2 Å². The van der Waals surface area contributed by atoms with Crippen molar-refractivity contribution in [3.05, 3.63) is 47.0 Å². The molecule has 0 aliphatic carbocycles. The highest BCUT2D eigenvalue weighted by atomic mass is 19.1. The highest BCUT2D eigenvalue weighted by Crippen LogP contribution is 2.23. The second kappa shape index (κ2) is 6.05. The summed E-state index contributed by atoms with van der Waals surface area (Å²) in [7, 11) is 1.85. The van der Waals surface area contributed by atoms with E-state index in [1.54, 1.807) is 4.68 Å². The third-order valence-electron chi connectivity index (χ3n) is 3.21. The van der Waals surface area contributed by atoms with Gasteiger partial charge in [-0.1, -0.05) is 6.92 Å². The molecule has 0 radical (unpaired) electrons. The van der Waals surface area contributed by atoms with Crippen LogP contribution in [-0.2, 0) is 13.5 Å². The molecule has 108 valence electrons. The number of benzene rings is 1. The Hall–Kier alpha value is -1.88. The number of hydrogen-bond donors (Lipinski definition) is 2. The smallest absolute Gasteiger partial charge is 0.125 e. The summed E-state index contributed by atoms with van der Waals surface area (Å²) >= 11 is 0. The predicted molar refractivity (Wildman–Crippen MR) is 77.2 cm³/mol. The van der Waals surface area contributed by atoms with Crippen molar-refractivity contribution in [3.63, 3.8) is 0 Å². The number of aliphatic hydroxyl groups excluding tert-OH is 1. The first-order valence-corrected chi connectivity index (χ1v) is 6.70. The van der Waals surface area contributed by atoms with E-state index in [2.05, 4.69) is 10.4 Å². The van der Waals surface area contributed by atoms with Crippen LogP contribution >= 0.6 is 0 Å². The average molecular weight is 277 g/mol. The average Bonchev–Trinajstić information content (AvgIpc) is 2.76. The van der Waals surface area contributed by atoms with Crippen molar-refractivity contribution < 1.29 is 9.50 Å². The van der Waals surface area contributed by atoms with Crippen molar-refractivity contribution in [1.29, 1.82) is 0 Å². The third kappa shape index (κ3) is 3.17. The van der Waals surface area contributed by atoms with Crippen LogP contribution in [0.3, 0.4) is 0 Å². The summed E-state index contributed by atoms with van der Waals surface area (Å²) in [5.41, 5.74) is 3.38. The topological polar surface area (TPSA) is 50.1 Å². The molecule has 2 rings (SSSR count). The van der Waals surface area contributed by atoms with Crippen molar-refractivity contribution in [2.24, 2.45) is 7.05 Å². The Balaban J connectivity index is 2.28. The molecule has 0 fully saturated rings. The van der Waals surface area contributed by atoms with Gasteiger partial charge in [0.25, 0.3) is 0 Å². The van der Waals surface area contributed by atoms with Crippen LogP contribution < -0.4 is 5.32 Å². The Morgan fingerprint density at radius 2 is 2.15 bits per heavy atom. The van der Waals surface area contributed by atoms with Crippen LogP contribution in [0.4, 0.5) is 10.1 Å². The Kier molecular flexibility index (Phi) is 4.39. The van der Waals surface area contributed by atoms with Gasteiger partial charge in [0, 0.05) is 24.5 Å². The highest BCUT2D eigenvalue weighted by Gasteiger charge is 2.17. The summed E-state index contributed by atoms with van der Waals surface area (Å²) in [6.45, 7) is 3.78. The normalized spacial score (nSPS) is 12.4. The van der Waals surface area contributed by atoms with Crippen molar-refractivity contribution >= 4 is 5.69 Å². The van der Waals surface area contributed by atoms with Gasteiger partial charge in [0.15, 0.2) is 0 Å². The molecule has 0 aliphatic heterocycles. The van der Waals surface area contributed by atoms with E-state index < -0.39 is 0 Å². The van der Waals surface area contributed by atoms with Gasteiger partial charge in [-0.25, -0.2) is 4.39 Å². The van der Waals surface area contributed by atoms with E-state index in [9.17, 15) is 9.50 Å². The first-order valence-electron chi connectivity index (χ1n) is 6.70. The summed E-state index contributed by atoms with van der Waals surface area (Å²) < 4.78 is 15.1. The van der Waals surface area contributed by atoms with Gasteiger partial charge in [-0.05, 0) is 37.1 Å². The molecule has 4 nitrogen and oxygen atoms in total. The van der Waals surface area contributed by atoms with Crippen molar-refractivity contribution in [1.82, 2.24) is 9.78 Å². The van der Waals surface area contributed by atoms with E-state index in [-0.39, 0.29) is 18.5 Å². The fourth-order valence-corrected chi connectivity index (χ4v) is 2.36. The number of halogens is 1. The Morgan fingerprint density at radius 1 is 1.40 bits per heavy atom. The van der Waals surface area contributed by atoms with E-state index in [0.29, 0.717) is 5.69 Å². The molecule has 1 unspecified atom stereocenters. The zero-order valence-corrected chi connectivity index (χ0v) is 12.0. The van der Waals surface area contributed by atoms with Gasteiger partial charge in [0.2, 0.25) is 0 Å². The van der Waals surface area contributed by atoms with Crippen molar-refractivity contribution in [2.75, 3.05) is 11.9 Å². The molecule has 2 aromatic rings. The molecular weight excluding hydrogens is 257 g/mol. The number of hydrogen-bond acceptors (Lipinski definition) is 3. The van der Waals surface area contributed by atoms with Crippen molar-refractivity contribution in [3.8, 4) is 0 Å². The second-order valence-electron chi connectivity index (χ2n) is 4.96. The highest BCUT2D eigenvalue weighted by molar-refractivity contribution is 5.48. The summed E-state index contributed by atoms with van der Waals surface area (Å²) in [6.07, 6.45) is 2.68. The molecule has 0 saturated heterocycles. The number of anilines is 1. The summed E-state index contributed by atoms with van der Waals surface area (Å²) in [5.74, 6) is -0.286. The van der Waals surface area contributed by atoms with E-state index in [1.165, 1.54) is 12.1 Å². The molecule has 0 bridgehead atoms. The minimum Gasteiger partial charge on any atom is -0.394 e. The lowest BCUT2D eigenvalue weighted by Crippen LogP contribution is -2.16. The largest absolute Gasteiger partial charge is 0.394 e. The molecule has 5 heteroatoms. The molecule has 0 saturated carbocycles. The fraction of sp³-hybridized carbons (Fsp3) is 0.400. The summed E-state index contributed by atoms with van der Waals surface area (Å²) in [5, 5.41) is 17.2. The van der Waals surface area contributed by atoms with E-state index in [4.69, 9.17) is 0 Å². The first kappa shape index (κ1) is 14.5. The van der Waals surface area contributed by atoms with Crippen LogP contribution in [0.5, 0.6) is 0 Å². The minimum absolute atomic E-state index is 0.0751. The SMILES string of the molecule is CCc1nn(C)cc1C(CO)Nc1cc(C)cc(F)c1. The van der Waals surface area contributed by atoms with Gasteiger partial charge < -0.3 is 10.4 Å². The zero-order valence-electron chi connectivity index (χ0n) is 12.0. The monoisotopic (exact) mass is 277 g/mol. The number of aliphatic hydroxyl groups is 1. The van der Waals surface area contributed by atoms with Gasteiger partial charge in [-0.3, -0.25) is 4.68 Å². The lowest BCUT2D eigenvalue weighted by molar-refractivity contribution is 0.276. The van der Waals surface area contributed by atoms with Gasteiger partial charge in [-0.2, -0.15) is 5.10 Å². The predicted octanol–water partition coefficient (Wildman–Crippen LogP) is 2.58. The lowest BCUT2D eigenvalue weighted by Gasteiger charge is -2.18. The van der Waals surface area contributed by atoms with Crippen molar-refractivity contribution in [2.45, 2.75) is 26.3 Å². The minimum atomic E-state index is -0.292. The van der Waals surface area contributed by atoms with E-state index in [0.717, 1.165) is 23.2 Å². The molecule has 1 aromatic heterocycles. The molecule has 1 atom stereocenters. The maximum Gasteiger partial charge on any atom is 0.125 e. The molecule has 0 aliphatic rings. The lowest BCUT2D eigenvalue weighted by atomic mass is 10.1. The molecule has 1 heterocycles. The van der Waals surface area contributed by atoms with E-state index >= 15 is 0 Å². The Morgan fingerprint density at radius 3 is 2.75 bits per heavy atom. The standard InChI is InChI=1S/C15H20FN3O/c1-4-14-13(8-19(3)18-14)15(9-20)17-12-6-10(2)5-11(16)7-12/h5-8,15,17,20H,4,9H2,1-3H3. The number of nitrogens with one attached hydrogen (secondary N) is 1. The number of aryl methyl sites for hydroxylation is 3. The fourth-order valence-electron chi connectivity index (χ4n) is 2.36. The number of rotatable bonds is 5. The van der Waals surface area contributed by atoms with Gasteiger partial charge in [0.05, 0.1) is 18.3 Å². The van der Waals surface area contributed by atoms with Crippen LogP contribution in [0, 0.1) is 12.7 Å². The quantitative estimate of drug-likeness (QED) is 0.883. The molecule has 0 spiro atoms.